The molecule has 0 bridgehead atoms. The Bertz CT molecular complexity index is 1220. The molecular formula is C25H25Cl2N3O. The van der Waals surface area contributed by atoms with Gasteiger partial charge in [-0.15, -0.1) is 0 Å². The fourth-order valence-electron chi connectivity index (χ4n) is 4.52. The fraction of sp³-hybridized carbons (Fsp3) is 0.360. The van der Waals surface area contributed by atoms with E-state index in [1.165, 1.54) is 0 Å². The van der Waals surface area contributed by atoms with Gasteiger partial charge in [0.15, 0.2) is 0 Å². The van der Waals surface area contributed by atoms with Crippen molar-refractivity contribution in [1.82, 2.24) is 9.47 Å². The quantitative estimate of drug-likeness (QED) is 0.476. The number of nitriles is 1. The Kier molecular flexibility index (Phi) is 6.01. The molecule has 0 N–H and O–H groups in total. The highest BCUT2D eigenvalue weighted by Crippen LogP contribution is 2.34. The first-order chi connectivity index (χ1) is 14.8. The van der Waals surface area contributed by atoms with Crippen LogP contribution in [0.25, 0.3) is 10.9 Å². The predicted molar refractivity (Wildman–Crippen MR) is 126 cm³/mol. The lowest BCUT2D eigenvalue weighted by Gasteiger charge is -2.19. The van der Waals surface area contributed by atoms with Gasteiger partial charge in [0.2, 0.25) is 0 Å². The second-order valence-electron chi connectivity index (χ2n) is 8.41. The SMILES string of the molecule is CCC1CCN(C(=O)c2ccc(Cl)c(Cc3cc4c(C)cc(C#N)cc4n3C)c2Cl)C1. The Morgan fingerprint density at radius 2 is 2.03 bits per heavy atom. The van der Waals surface area contributed by atoms with Gasteiger partial charge in [0.25, 0.3) is 5.91 Å². The lowest BCUT2D eigenvalue weighted by Crippen LogP contribution is -2.29. The van der Waals surface area contributed by atoms with Crippen molar-refractivity contribution >= 4 is 40.0 Å². The number of aromatic nitrogens is 1. The maximum Gasteiger partial charge on any atom is 0.255 e. The van der Waals surface area contributed by atoms with E-state index in [1.54, 1.807) is 12.1 Å². The molecule has 1 atom stereocenters. The second-order valence-corrected chi connectivity index (χ2v) is 9.20. The van der Waals surface area contributed by atoms with E-state index in [0.717, 1.165) is 53.7 Å². The summed E-state index contributed by atoms with van der Waals surface area (Å²) in [6.07, 6.45) is 2.63. The fourth-order valence-corrected chi connectivity index (χ4v) is 5.11. The van der Waals surface area contributed by atoms with Gasteiger partial charge < -0.3 is 9.47 Å². The minimum atomic E-state index is -0.0228. The number of amides is 1. The van der Waals surface area contributed by atoms with Crippen molar-refractivity contribution in [2.45, 2.75) is 33.1 Å². The topological polar surface area (TPSA) is 49.0 Å². The summed E-state index contributed by atoms with van der Waals surface area (Å²) in [4.78, 5) is 15.0. The number of hydrogen-bond acceptors (Lipinski definition) is 2. The van der Waals surface area contributed by atoms with E-state index in [9.17, 15) is 10.1 Å². The third-order valence-electron chi connectivity index (χ3n) is 6.52. The van der Waals surface area contributed by atoms with Crippen LogP contribution in [0.1, 0.15) is 52.5 Å². The summed E-state index contributed by atoms with van der Waals surface area (Å²) in [5, 5.41) is 11.4. The number of carbonyl (C=O) groups excluding carboxylic acids is 1. The number of nitrogens with zero attached hydrogens (tertiary/aromatic N) is 3. The van der Waals surface area contributed by atoms with E-state index < -0.39 is 0 Å². The molecule has 4 rings (SSSR count). The lowest BCUT2D eigenvalue weighted by molar-refractivity contribution is 0.0787. The normalized spacial score (nSPS) is 16.1. The summed E-state index contributed by atoms with van der Waals surface area (Å²) in [5.74, 6) is 0.539. The molecule has 4 nitrogen and oxygen atoms in total. The van der Waals surface area contributed by atoms with Crippen molar-refractivity contribution < 1.29 is 4.79 Å². The van der Waals surface area contributed by atoms with Gasteiger partial charge in [-0.25, -0.2) is 0 Å². The van der Waals surface area contributed by atoms with Crippen LogP contribution in [0.3, 0.4) is 0 Å². The van der Waals surface area contributed by atoms with Crippen LogP contribution in [0, 0.1) is 24.2 Å². The maximum atomic E-state index is 13.1. The summed E-state index contributed by atoms with van der Waals surface area (Å²) < 4.78 is 2.07. The minimum Gasteiger partial charge on any atom is -0.347 e. The molecule has 1 aromatic heterocycles. The van der Waals surface area contributed by atoms with Crippen LogP contribution in [-0.4, -0.2) is 28.5 Å². The Morgan fingerprint density at radius 3 is 2.71 bits per heavy atom. The first-order valence-electron chi connectivity index (χ1n) is 10.6. The number of rotatable bonds is 4. The number of halogens is 2. The molecule has 1 fully saturated rings. The highest BCUT2D eigenvalue weighted by atomic mass is 35.5. The number of likely N-dealkylation sites (tertiary alicyclic amines) is 1. The van der Waals surface area contributed by atoms with Gasteiger partial charge in [-0.2, -0.15) is 5.26 Å². The lowest BCUT2D eigenvalue weighted by atomic mass is 10.0. The van der Waals surface area contributed by atoms with Gasteiger partial charge in [-0.3, -0.25) is 4.79 Å². The van der Waals surface area contributed by atoms with E-state index in [2.05, 4.69) is 23.6 Å². The molecule has 1 unspecified atom stereocenters. The molecule has 1 amide bonds. The molecule has 0 saturated carbocycles. The molecule has 1 aliphatic rings. The molecule has 0 radical (unpaired) electrons. The van der Waals surface area contributed by atoms with Crippen molar-refractivity contribution in [3.8, 4) is 6.07 Å². The first kappa shape index (κ1) is 21.7. The smallest absolute Gasteiger partial charge is 0.255 e. The zero-order valence-electron chi connectivity index (χ0n) is 18.0. The van der Waals surface area contributed by atoms with Crippen molar-refractivity contribution in [3.05, 3.63) is 68.3 Å². The number of benzene rings is 2. The van der Waals surface area contributed by atoms with Crippen molar-refractivity contribution in [1.29, 1.82) is 5.26 Å². The molecule has 160 valence electrons. The van der Waals surface area contributed by atoms with Gasteiger partial charge in [0.05, 0.1) is 22.2 Å². The maximum absolute atomic E-state index is 13.1. The van der Waals surface area contributed by atoms with Crippen LogP contribution in [-0.2, 0) is 13.5 Å². The zero-order valence-corrected chi connectivity index (χ0v) is 19.5. The van der Waals surface area contributed by atoms with Gasteiger partial charge in [-0.05, 0) is 60.7 Å². The predicted octanol–water partition coefficient (Wildman–Crippen LogP) is 6.13. The monoisotopic (exact) mass is 453 g/mol. The van der Waals surface area contributed by atoms with Crippen LogP contribution in [0.15, 0.2) is 30.3 Å². The van der Waals surface area contributed by atoms with Gasteiger partial charge in [-0.1, -0.05) is 36.5 Å². The number of carbonyl (C=O) groups is 1. The van der Waals surface area contributed by atoms with E-state index in [4.69, 9.17) is 23.2 Å². The molecule has 0 spiro atoms. The standard InChI is InChI=1S/C25H25Cl2N3O/c1-4-16-7-8-30(14-16)25(31)19-5-6-22(26)21(24(19)27)12-18-11-20-15(2)9-17(13-28)10-23(20)29(18)3/h5-6,9-11,16H,4,7-8,12,14H2,1-3H3. The number of fused-ring (bicyclic) bond motifs is 1. The van der Waals surface area contributed by atoms with Crippen molar-refractivity contribution in [2.24, 2.45) is 13.0 Å². The highest BCUT2D eigenvalue weighted by Gasteiger charge is 2.28. The van der Waals surface area contributed by atoms with Gasteiger partial charge in [0.1, 0.15) is 0 Å². The summed E-state index contributed by atoms with van der Waals surface area (Å²) in [5.41, 5.74) is 4.97. The zero-order chi connectivity index (χ0) is 22.3. The Morgan fingerprint density at radius 1 is 1.26 bits per heavy atom. The van der Waals surface area contributed by atoms with Crippen molar-refractivity contribution in [2.75, 3.05) is 13.1 Å². The molecule has 0 aliphatic carbocycles. The summed E-state index contributed by atoms with van der Waals surface area (Å²) in [6, 6.07) is 11.6. The van der Waals surface area contributed by atoms with Crippen molar-refractivity contribution in [3.63, 3.8) is 0 Å². The second kappa shape index (κ2) is 8.57. The molecule has 1 aliphatic heterocycles. The highest BCUT2D eigenvalue weighted by molar-refractivity contribution is 6.38. The average Bonchev–Trinajstić information content (AvgIpc) is 3.36. The van der Waals surface area contributed by atoms with Crippen LogP contribution in [0.4, 0.5) is 0 Å². The average molecular weight is 454 g/mol. The van der Waals surface area contributed by atoms with E-state index in [-0.39, 0.29) is 5.91 Å². The van der Waals surface area contributed by atoms with Crippen LogP contribution in [0.2, 0.25) is 10.0 Å². The van der Waals surface area contributed by atoms with Crippen LogP contribution in [0.5, 0.6) is 0 Å². The Balaban J connectivity index is 1.70. The summed E-state index contributed by atoms with van der Waals surface area (Å²) >= 11 is 13.3. The van der Waals surface area contributed by atoms with E-state index in [1.807, 2.05) is 31.0 Å². The molecule has 2 heterocycles. The molecule has 2 aromatic carbocycles. The van der Waals surface area contributed by atoms with E-state index in [0.29, 0.717) is 33.5 Å². The molecule has 3 aromatic rings. The largest absolute Gasteiger partial charge is 0.347 e. The third kappa shape index (κ3) is 3.93. The van der Waals surface area contributed by atoms with Crippen LogP contribution >= 0.6 is 23.2 Å². The summed E-state index contributed by atoms with van der Waals surface area (Å²) in [7, 11) is 1.98. The molecule has 31 heavy (non-hydrogen) atoms. The number of aryl methyl sites for hydroxylation is 2. The van der Waals surface area contributed by atoms with E-state index >= 15 is 0 Å². The molecular weight excluding hydrogens is 429 g/mol. The van der Waals surface area contributed by atoms with Gasteiger partial charge >= 0.3 is 0 Å². The first-order valence-corrected chi connectivity index (χ1v) is 11.3. The molecule has 6 heteroatoms. The molecule has 1 saturated heterocycles. The Labute approximate surface area is 193 Å². The third-order valence-corrected chi connectivity index (χ3v) is 7.31. The van der Waals surface area contributed by atoms with Crippen LogP contribution < -0.4 is 0 Å². The minimum absolute atomic E-state index is 0.0228. The Hall–Kier alpha value is -2.48. The number of hydrogen-bond donors (Lipinski definition) is 0. The van der Waals surface area contributed by atoms with Gasteiger partial charge in [0, 0.05) is 48.2 Å². The summed E-state index contributed by atoms with van der Waals surface area (Å²) in [6.45, 7) is 5.73.